The third-order valence-corrected chi connectivity index (χ3v) is 5.73. The number of hydrazine groups is 1. The van der Waals surface area contributed by atoms with Gasteiger partial charge < -0.3 is 9.84 Å². The average Bonchev–Trinajstić information content (AvgIpc) is 3.27. The number of carbonyl (C=O) groups excluding carboxylic acids is 2. The number of fused-ring (bicyclic) bond motifs is 2. The number of carbonyl (C=O) groups is 3. The van der Waals surface area contributed by atoms with Crippen LogP contribution in [-0.2, 0) is 14.4 Å². The molecule has 3 N–H and O–H groups in total. The highest BCUT2D eigenvalue weighted by atomic mass is 35.5. The molecule has 1 aromatic carbocycles. The molecule has 2 aliphatic rings. The van der Waals surface area contributed by atoms with Gasteiger partial charge in [-0.15, -0.1) is 0 Å². The lowest BCUT2D eigenvalue weighted by atomic mass is 9.82. The van der Waals surface area contributed by atoms with Crippen LogP contribution in [0.4, 0.5) is 0 Å². The molecule has 2 amide bonds. The van der Waals surface area contributed by atoms with E-state index in [1.165, 1.54) is 6.07 Å². The lowest BCUT2D eigenvalue weighted by Gasteiger charge is -2.24. The van der Waals surface area contributed by atoms with E-state index in [1.807, 2.05) is 12.2 Å². The third-order valence-electron chi connectivity index (χ3n) is 5.18. The molecule has 3 rings (SSSR count). The van der Waals surface area contributed by atoms with E-state index in [0.29, 0.717) is 22.9 Å². The Hall–Kier alpha value is -2.25. The molecule has 0 heterocycles. The molecule has 0 radical (unpaired) electrons. The molecule has 1 fully saturated rings. The van der Waals surface area contributed by atoms with Gasteiger partial charge in [0.1, 0.15) is 5.75 Å². The summed E-state index contributed by atoms with van der Waals surface area (Å²) in [5, 5.41) is 10.1. The topological polar surface area (TPSA) is 105 Å². The van der Waals surface area contributed by atoms with Gasteiger partial charge in [0.2, 0.25) is 5.91 Å². The molecule has 7 nitrogen and oxygen atoms in total. The number of halogens is 2. The van der Waals surface area contributed by atoms with Crippen molar-refractivity contribution >= 4 is 41.0 Å². The highest BCUT2D eigenvalue weighted by Gasteiger charge is 2.51. The van der Waals surface area contributed by atoms with Crippen molar-refractivity contribution in [2.45, 2.75) is 25.9 Å². The van der Waals surface area contributed by atoms with Gasteiger partial charge in [0.05, 0.1) is 16.9 Å². The monoisotopic (exact) mass is 426 g/mol. The number of carboxylic acids is 1. The molecule has 2 aliphatic carbocycles. The first kappa shape index (κ1) is 20.5. The number of hydrogen-bond acceptors (Lipinski definition) is 4. The standard InChI is InChI=1S/C19H20Cl2N2O5/c1-2-13(28-14-8-11(20)5-6-12(14)21)17(24)22-23-18(25)15-9-3-4-10(7-9)16(15)19(26)27/h3-6,8-10,13,15-16H,2,7H2,1H3,(H,22,24)(H,23,25)(H,26,27)/t9-,10-,13-,15+,16-/m0/s1. The number of benzene rings is 1. The summed E-state index contributed by atoms with van der Waals surface area (Å²) in [6.07, 6.45) is 3.76. The minimum absolute atomic E-state index is 0.133. The fourth-order valence-corrected chi connectivity index (χ4v) is 4.17. The maximum absolute atomic E-state index is 12.5. The second kappa shape index (κ2) is 8.41. The molecule has 1 saturated carbocycles. The number of carboxylic acid groups (broad SMARTS) is 1. The Morgan fingerprint density at radius 2 is 1.86 bits per heavy atom. The van der Waals surface area contributed by atoms with Gasteiger partial charge in [-0.05, 0) is 36.8 Å². The first-order valence-corrected chi connectivity index (χ1v) is 9.70. The molecule has 1 aromatic rings. The second-order valence-corrected chi connectivity index (χ2v) is 7.75. The predicted molar refractivity (Wildman–Crippen MR) is 103 cm³/mol. The van der Waals surface area contributed by atoms with Gasteiger partial charge in [-0.2, -0.15) is 0 Å². The molecular formula is C19H20Cl2N2O5. The summed E-state index contributed by atoms with van der Waals surface area (Å²) in [4.78, 5) is 36.4. The van der Waals surface area contributed by atoms with Gasteiger partial charge in [-0.25, -0.2) is 0 Å². The summed E-state index contributed by atoms with van der Waals surface area (Å²) >= 11 is 12.0. The lowest BCUT2D eigenvalue weighted by Crippen LogP contribution is -2.51. The number of aliphatic carboxylic acids is 1. The number of amides is 2. The Morgan fingerprint density at radius 3 is 2.50 bits per heavy atom. The van der Waals surface area contributed by atoms with Gasteiger partial charge in [-0.3, -0.25) is 25.2 Å². The molecule has 2 bridgehead atoms. The van der Waals surface area contributed by atoms with E-state index >= 15 is 0 Å². The lowest BCUT2D eigenvalue weighted by molar-refractivity contribution is -0.148. The van der Waals surface area contributed by atoms with Gasteiger partial charge in [0.25, 0.3) is 5.91 Å². The van der Waals surface area contributed by atoms with Crippen molar-refractivity contribution in [2.24, 2.45) is 23.7 Å². The summed E-state index contributed by atoms with van der Waals surface area (Å²) < 4.78 is 5.62. The molecule has 0 aliphatic heterocycles. The van der Waals surface area contributed by atoms with E-state index in [4.69, 9.17) is 27.9 Å². The molecule has 0 saturated heterocycles. The molecular weight excluding hydrogens is 407 g/mol. The molecule has 28 heavy (non-hydrogen) atoms. The Kier molecular flexibility index (Phi) is 6.15. The van der Waals surface area contributed by atoms with Crippen LogP contribution in [-0.4, -0.2) is 29.0 Å². The molecule has 0 aromatic heterocycles. The molecule has 9 heteroatoms. The van der Waals surface area contributed by atoms with E-state index < -0.39 is 35.7 Å². The fraction of sp³-hybridized carbons (Fsp3) is 0.421. The number of allylic oxidation sites excluding steroid dienone is 2. The first-order chi connectivity index (χ1) is 13.3. The maximum Gasteiger partial charge on any atom is 0.307 e. The number of ether oxygens (including phenoxy) is 1. The number of nitrogens with one attached hydrogen (secondary N) is 2. The zero-order valence-corrected chi connectivity index (χ0v) is 16.5. The van der Waals surface area contributed by atoms with Crippen molar-refractivity contribution in [3.63, 3.8) is 0 Å². The van der Waals surface area contributed by atoms with Crippen LogP contribution in [0, 0.1) is 23.7 Å². The number of rotatable bonds is 6. The van der Waals surface area contributed by atoms with Crippen molar-refractivity contribution < 1.29 is 24.2 Å². The van der Waals surface area contributed by atoms with Gasteiger partial charge in [0, 0.05) is 11.1 Å². The van der Waals surface area contributed by atoms with E-state index in [2.05, 4.69) is 10.9 Å². The van der Waals surface area contributed by atoms with E-state index in [9.17, 15) is 19.5 Å². The first-order valence-electron chi connectivity index (χ1n) is 8.94. The van der Waals surface area contributed by atoms with Crippen LogP contribution in [0.25, 0.3) is 0 Å². The van der Waals surface area contributed by atoms with E-state index in [1.54, 1.807) is 19.1 Å². The van der Waals surface area contributed by atoms with Crippen molar-refractivity contribution in [1.82, 2.24) is 10.9 Å². The predicted octanol–water partition coefficient (Wildman–Crippen LogP) is 2.82. The van der Waals surface area contributed by atoms with Crippen molar-refractivity contribution in [3.05, 3.63) is 40.4 Å². The van der Waals surface area contributed by atoms with Crippen molar-refractivity contribution in [2.75, 3.05) is 0 Å². The van der Waals surface area contributed by atoms with Crippen LogP contribution in [0.2, 0.25) is 10.0 Å². The zero-order chi connectivity index (χ0) is 20.4. The fourth-order valence-electron chi connectivity index (χ4n) is 3.85. The Balaban J connectivity index is 1.60. The third kappa shape index (κ3) is 4.10. The quantitative estimate of drug-likeness (QED) is 0.479. The Bertz CT molecular complexity index is 829. The number of hydrogen-bond donors (Lipinski definition) is 3. The highest BCUT2D eigenvalue weighted by Crippen LogP contribution is 2.48. The Morgan fingerprint density at radius 1 is 1.18 bits per heavy atom. The minimum Gasteiger partial charge on any atom is -0.481 e. The van der Waals surface area contributed by atoms with Gasteiger partial charge >= 0.3 is 5.97 Å². The van der Waals surface area contributed by atoms with Crippen LogP contribution in [0.1, 0.15) is 19.8 Å². The summed E-state index contributed by atoms with van der Waals surface area (Å²) in [6, 6.07) is 4.65. The zero-order valence-electron chi connectivity index (χ0n) is 15.0. The van der Waals surface area contributed by atoms with Crippen LogP contribution in [0.5, 0.6) is 5.75 Å². The van der Waals surface area contributed by atoms with Crippen LogP contribution in [0.15, 0.2) is 30.4 Å². The van der Waals surface area contributed by atoms with Crippen LogP contribution >= 0.6 is 23.2 Å². The molecule has 150 valence electrons. The largest absolute Gasteiger partial charge is 0.481 e. The Labute approximate surface area is 172 Å². The van der Waals surface area contributed by atoms with Crippen molar-refractivity contribution in [1.29, 1.82) is 0 Å². The van der Waals surface area contributed by atoms with Crippen LogP contribution in [0.3, 0.4) is 0 Å². The SMILES string of the molecule is CC[C@H](Oc1cc(Cl)ccc1Cl)C(=O)NNC(=O)[C@H]1[C@@H](C(=O)O)[C@H]2C=C[C@H]1C2. The smallest absolute Gasteiger partial charge is 0.307 e. The van der Waals surface area contributed by atoms with Crippen molar-refractivity contribution in [3.8, 4) is 5.75 Å². The molecule has 5 atom stereocenters. The van der Waals surface area contributed by atoms with Gasteiger partial charge in [0.15, 0.2) is 6.10 Å². The maximum atomic E-state index is 12.5. The van der Waals surface area contributed by atoms with Crippen LogP contribution < -0.4 is 15.6 Å². The molecule has 0 unspecified atom stereocenters. The molecule has 0 spiro atoms. The van der Waals surface area contributed by atoms with E-state index in [-0.39, 0.29) is 17.6 Å². The minimum atomic E-state index is -1.01. The van der Waals surface area contributed by atoms with Gasteiger partial charge in [-0.1, -0.05) is 42.3 Å². The van der Waals surface area contributed by atoms with E-state index in [0.717, 1.165) is 0 Å². The summed E-state index contributed by atoms with van der Waals surface area (Å²) in [7, 11) is 0. The average molecular weight is 427 g/mol. The summed E-state index contributed by atoms with van der Waals surface area (Å²) in [6.45, 7) is 1.74. The summed E-state index contributed by atoms with van der Waals surface area (Å²) in [5.74, 6) is -3.62. The second-order valence-electron chi connectivity index (χ2n) is 6.91. The summed E-state index contributed by atoms with van der Waals surface area (Å²) in [5.41, 5.74) is 4.67. The normalized spacial score (nSPS) is 26.0. The highest BCUT2D eigenvalue weighted by molar-refractivity contribution is 6.34.